The van der Waals surface area contributed by atoms with E-state index in [1.54, 1.807) is 0 Å². The normalized spacial score (nSPS) is 12.4. The molecule has 0 bridgehead atoms. The molecule has 41 heavy (non-hydrogen) atoms. The zero-order valence-electron chi connectivity index (χ0n) is 22.2. The van der Waals surface area contributed by atoms with Gasteiger partial charge in [-0.2, -0.15) is 0 Å². The van der Waals surface area contributed by atoms with E-state index >= 15 is 0 Å². The first-order valence-electron chi connectivity index (χ1n) is 13.8. The Labute approximate surface area is 238 Å². The van der Waals surface area contributed by atoms with E-state index < -0.39 is 9.93 Å². The van der Waals surface area contributed by atoms with Gasteiger partial charge in [0.15, 0.2) is 0 Å². The standard InChI is InChI=1S/C38H26O2S/c39-41(29-13-3-1-4-14-29,30-15-5-2-6-16-30)31-22-19-27(20-23-31)34-25-28-12-8-10-18-33(28)37-36-32-17-9-7-11-26(32)21-24-35(36)40-38(34)37/h1-25,41H. The van der Waals surface area contributed by atoms with Crippen molar-refractivity contribution in [3.05, 3.63) is 152 Å². The van der Waals surface area contributed by atoms with Crippen LogP contribution in [0.1, 0.15) is 0 Å². The lowest BCUT2D eigenvalue weighted by molar-refractivity contribution is 0.669. The summed E-state index contributed by atoms with van der Waals surface area (Å²) in [6, 6.07) is 51.2. The molecule has 8 aromatic rings. The lowest BCUT2D eigenvalue weighted by atomic mass is 9.95. The smallest absolute Gasteiger partial charge is 0.143 e. The number of hydrogen-bond donors (Lipinski definition) is 1. The highest BCUT2D eigenvalue weighted by Crippen LogP contribution is 2.44. The Morgan fingerprint density at radius 1 is 0.463 bits per heavy atom. The summed E-state index contributed by atoms with van der Waals surface area (Å²) in [7, 11) is -3.05. The highest BCUT2D eigenvalue weighted by Gasteiger charge is 2.24. The first kappa shape index (κ1) is 23.9. The molecule has 196 valence electrons. The van der Waals surface area contributed by atoms with Crippen molar-refractivity contribution >= 4 is 53.4 Å². The topological polar surface area (TPSA) is 30.2 Å². The summed E-state index contributed by atoms with van der Waals surface area (Å²) in [5.41, 5.74) is 3.81. The van der Waals surface area contributed by atoms with Crippen LogP contribution in [0.3, 0.4) is 0 Å². The third kappa shape index (κ3) is 3.67. The van der Waals surface area contributed by atoms with Gasteiger partial charge in [0, 0.05) is 31.0 Å². The lowest BCUT2D eigenvalue weighted by Crippen LogP contribution is -2.13. The largest absolute Gasteiger partial charge is 0.455 e. The van der Waals surface area contributed by atoms with Crippen LogP contribution in [0, 0.1) is 0 Å². The van der Waals surface area contributed by atoms with Crippen LogP contribution in [-0.2, 0) is 9.93 Å². The van der Waals surface area contributed by atoms with Crippen LogP contribution in [0.5, 0.6) is 0 Å². The molecular formula is C38H26O2S. The molecule has 8 rings (SSSR count). The molecule has 0 saturated heterocycles. The van der Waals surface area contributed by atoms with Gasteiger partial charge in [-0.05, 0) is 85.6 Å². The summed E-state index contributed by atoms with van der Waals surface area (Å²) in [4.78, 5) is 2.47. The Morgan fingerprint density at radius 3 is 1.66 bits per heavy atom. The summed E-state index contributed by atoms with van der Waals surface area (Å²) in [5.74, 6) is 0. The van der Waals surface area contributed by atoms with Crippen molar-refractivity contribution in [3.63, 3.8) is 0 Å². The van der Waals surface area contributed by atoms with E-state index in [9.17, 15) is 4.21 Å². The Kier molecular flexibility index (Phi) is 5.41. The molecule has 0 unspecified atom stereocenters. The molecular weight excluding hydrogens is 520 g/mol. The van der Waals surface area contributed by atoms with Crippen LogP contribution < -0.4 is 0 Å². The van der Waals surface area contributed by atoms with Crippen LogP contribution in [0.25, 0.3) is 54.6 Å². The average Bonchev–Trinajstić information content (AvgIpc) is 3.46. The van der Waals surface area contributed by atoms with Crippen LogP contribution in [0.4, 0.5) is 0 Å². The van der Waals surface area contributed by atoms with E-state index in [0.29, 0.717) is 0 Å². The Hall–Kier alpha value is -4.99. The minimum absolute atomic E-state index is 0.811. The molecule has 7 aromatic carbocycles. The first-order chi connectivity index (χ1) is 20.2. The maximum atomic E-state index is 14.9. The summed E-state index contributed by atoms with van der Waals surface area (Å²) in [5, 5.41) is 7.00. The fourth-order valence-electron chi connectivity index (χ4n) is 6.18. The highest BCUT2D eigenvalue weighted by molar-refractivity contribution is 8.03. The fourth-order valence-corrected chi connectivity index (χ4v) is 8.82. The molecule has 0 spiro atoms. The zero-order valence-corrected chi connectivity index (χ0v) is 23.1. The molecule has 0 amide bonds. The minimum atomic E-state index is -3.05. The molecule has 0 aliphatic heterocycles. The third-order valence-electron chi connectivity index (χ3n) is 8.14. The predicted molar refractivity (Wildman–Crippen MR) is 171 cm³/mol. The lowest BCUT2D eigenvalue weighted by Gasteiger charge is -2.25. The maximum absolute atomic E-state index is 14.9. The fraction of sp³-hybridized carbons (Fsp3) is 0. The molecule has 0 saturated carbocycles. The molecule has 0 fully saturated rings. The predicted octanol–water partition coefficient (Wildman–Crippen LogP) is 10.1. The number of furan rings is 1. The van der Waals surface area contributed by atoms with Crippen LogP contribution in [-0.4, -0.2) is 4.21 Å². The number of hydrogen-bond acceptors (Lipinski definition) is 2. The van der Waals surface area contributed by atoms with Gasteiger partial charge in [-0.25, -0.2) is 0 Å². The Bertz CT molecular complexity index is 2220. The summed E-state index contributed by atoms with van der Waals surface area (Å²) in [6.07, 6.45) is 0. The first-order valence-corrected chi connectivity index (χ1v) is 15.5. The maximum Gasteiger partial charge on any atom is 0.143 e. The molecule has 3 heteroatoms. The minimum Gasteiger partial charge on any atom is -0.455 e. The van der Waals surface area contributed by atoms with E-state index in [4.69, 9.17) is 4.42 Å². The van der Waals surface area contributed by atoms with Gasteiger partial charge in [0.1, 0.15) is 11.2 Å². The molecule has 0 aliphatic rings. The quantitative estimate of drug-likeness (QED) is 0.223. The van der Waals surface area contributed by atoms with Crippen LogP contribution in [0.15, 0.2) is 171 Å². The molecule has 0 radical (unpaired) electrons. The monoisotopic (exact) mass is 546 g/mol. The molecule has 0 atom stereocenters. The van der Waals surface area contributed by atoms with Crippen molar-refractivity contribution < 1.29 is 8.63 Å². The van der Waals surface area contributed by atoms with E-state index in [1.807, 2.05) is 72.8 Å². The number of fused-ring (bicyclic) bond motifs is 7. The van der Waals surface area contributed by atoms with Gasteiger partial charge in [0.25, 0.3) is 0 Å². The molecule has 1 heterocycles. The van der Waals surface area contributed by atoms with Crippen molar-refractivity contribution in [2.24, 2.45) is 0 Å². The number of benzene rings is 7. The molecule has 2 nitrogen and oxygen atoms in total. The second kappa shape index (κ2) is 9.29. The van der Waals surface area contributed by atoms with Gasteiger partial charge in [0.05, 0.1) is 0 Å². The van der Waals surface area contributed by atoms with Gasteiger partial charge in [-0.3, -0.25) is 4.21 Å². The van der Waals surface area contributed by atoms with Gasteiger partial charge >= 0.3 is 0 Å². The Balaban J connectivity index is 1.37. The Morgan fingerprint density at radius 2 is 1.00 bits per heavy atom. The van der Waals surface area contributed by atoms with Crippen molar-refractivity contribution in [2.75, 3.05) is 0 Å². The van der Waals surface area contributed by atoms with Crippen molar-refractivity contribution in [1.29, 1.82) is 0 Å². The van der Waals surface area contributed by atoms with Crippen LogP contribution >= 0.6 is 0 Å². The van der Waals surface area contributed by atoms with Gasteiger partial charge < -0.3 is 4.42 Å². The molecule has 0 aliphatic carbocycles. The zero-order chi connectivity index (χ0) is 27.4. The highest BCUT2D eigenvalue weighted by atomic mass is 32.2. The summed E-state index contributed by atoms with van der Waals surface area (Å²) < 4.78 is 21.5. The van der Waals surface area contributed by atoms with E-state index in [-0.39, 0.29) is 0 Å². The number of thiol groups is 1. The van der Waals surface area contributed by atoms with Crippen molar-refractivity contribution in [1.82, 2.24) is 0 Å². The van der Waals surface area contributed by atoms with Gasteiger partial charge in [0.2, 0.25) is 0 Å². The third-order valence-corrected chi connectivity index (χ3v) is 11.2. The molecule has 1 aromatic heterocycles. The second-order valence-corrected chi connectivity index (χ2v) is 13.2. The second-order valence-electron chi connectivity index (χ2n) is 10.4. The van der Waals surface area contributed by atoms with E-state index in [1.165, 1.54) is 16.2 Å². The summed E-state index contributed by atoms with van der Waals surface area (Å²) in [6.45, 7) is 0. The summed E-state index contributed by atoms with van der Waals surface area (Å²) >= 11 is 0. The van der Waals surface area contributed by atoms with Crippen molar-refractivity contribution in [3.8, 4) is 11.1 Å². The van der Waals surface area contributed by atoms with Crippen molar-refractivity contribution in [2.45, 2.75) is 14.7 Å². The SMILES string of the molecule is O=[SH](c1ccccc1)(c1ccccc1)c1ccc(-c2cc3ccccc3c3c2oc2ccc4ccccc4c23)cc1. The molecule has 0 N–H and O–H groups in total. The van der Waals surface area contributed by atoms with E-state index in [2.05, 4.69) is 78.9 Å². The van der Waals surface area contributed by atoms with Gasteiger partial charge in [-0.15, -0.1) is 0 Å². The van der Waals surface area contributed by atoms with Crippen LogP contribution in [0.2, 0.25) is 0 Å². The van der Waals surface area contributed by atoms with Gasteiger partial charge in [-0.1, -0.05) is 103 Å². The average molecular weight is 547 g/mol. The van der Waals surface area contributed by atoms with E-state index in [0.717, 1.165) is 53.1 Å². The number of rotatable bonds is 4.